The van der Waals surface area contributed by atoms with Crippen LogP contribution >= 0.6 is 0 Å². The molecule has 0 atom stereocenters. The molecule has 1 heterocycles. The van der Waals surface area contributed by atoms with Crippen molar-refractivity contribution in [1.29, 1.82) is 0 Å². The van der Waals surface area contributed by atoms with Crippen LogP contribution in [0.5, 0.6) is 0 Å². The maximum absolute atomic E-state index is 12.3. The summed E-state index contributed by atoms with van der Waals surface area (Å²) >= 11 is 0. The second kappa shape index (κ2) is 4.97. The first-order valence-electron chi connectivity index (χ1n) is 6.89. The van der Waals surface area contributed by atoms with Gasteiger partial charge in [0.2, 0.25) is 0 Å². The fourth-order valence-electron chi connectivity index (χ4n) is 2.55. The monoisotopic (exact) mass is 263 g/mol. The van der Waals surface area contributed by atoms with Crippen LogP contribution < -0.4 is 4.90 Å². The van der Waals surface area contributed by atoms with Gasteiger partial charge in [0, 0.05) is 18.2 Å². The molecule has 0 aromatic heterocycles. The van der Waals surface area contributed by atoms with E-state index in [0.29, 0.717) is 0 Å². The van der Waals surface area contributed by atoms with Crippen molar-refractivity contribution in [3.05, 3.63) is 65.2 Å². The molecular weight excluding hydrogens is 246 g/mol. The van der Waals surface area contributed by atoms with Crippen molar-refractivity contribution in [2.75, 3.05) is 11.9 Å². The lowest BCUT2D eigenvalue weighted by atomic mass is 10.0. The van der Waals surface area contributed by atoms with Crippen LogP contribution in [0.25, 0.3) is 11.6 Å². The van der Waals surface area contributed by atoms with Crippen LogP contribution in [0.3, 0.4) is 0 Å². The number of hydrogen-bond acceptors (Lipinski definition) is 1. The number of carbonyl (C=O) groups is 1. The molecule has 2 aromatic carbocycles. The van der Waals surface area contributed by atoms with Crippen LogP contribution in [0.15, 0.2) is 48.5 Å². The zero-order valence-electron chi connectivity index (χ0n) is 11.8. The van der Waals surface area contributed by atoms with E-state index in [-0.39, 0.29) is 5.91 Å². The minimum atomic E-state index is 0.0609. The van der Waals surface area contributed by atoms with Crippen molar-refractivity contribution in [3.63, 3.8) is 0 Å². The molecule has 0 aliphatic carbocycles. The van der Waals surface area contributed by atoms with Crippen molar-refractivity contribution in [2.24, 2.45) is 0 Å². The molecule has 2 aromatic rings. The molecule has 0 saturated heterocycles. The SMILES string of the molecule is CCc1ccc(C=C2C(=O)N(C)c3ccccc32)cc1. The number of amides is 1. The Morgan fingerprint density at radius 2 is 1.75 bits per heavy atom. The molecule has 20 heavy (non-hydrogen) atoms. The summed E-state index contributed by atoms with van der Waals surface area (Å²) in [6, 6.07) is 16.3. The summed E-state index contributed by atoms with van der Waals surface area (Å²) in [6.45, 7) is 2.14. The van der Waals surface area contributed by atoms with Gasteiger partial charge in [-0.3, -0.25) is 4.79 Å². The average Bonchev–Trinajstić information content (AvgIpc) is 2.74. The van der Waals surface area contributed by atoms with Crippen molar-refractivity contribution < 1.29 is 4.79 Å². The van der Waals surface area contributed by atoms with Gasteiger partial charge >= 0.3 is 0 Å². The Kier molecular flexibility index (Phi) is 3.15. The maximum atomic E-state index is 12.3. The molecule has 2 nitrogen and oxygen atoms in total. The van der Waals surface area contributed by atoms with Gasteiger partial charge in [0.1, 0.15) is 0 Å². The highest BCUT2D eigenvalue weighted by Gasteiger charge is 2.28. The standard InChI is InChI=1S/C18H17NO/c1-3-13-8-10-14(11-9-13)12-16-15-6-4-5-7-17(15)19(2)18(16)20/h4-12H,3H2,1-2H3. The molecule has 0 spiro atoms. The van der Waals surface area contributed by atoms with Crippen molar-refractivity contribution in [3.8, 4) is 0 Å². The summed E-state index contributed by atoms with van der Waals surface area (Å²) in [4.78, 5) is 14.1. The number of benzene rings is 2. The normalized spacial score (nSPS) is 15.8. The number of nitrogens with zero attached hydrogens (tertiary/aromatic N) is 1. The van der Waals surface area contributed by atoms with Gasteiger partial charge in [-0.15, -0.1) is 0 Å². The quantitative estimate of drug-likeness (QED) is 0.755. The number of para-hydroxylation sites is 1. The summed E-state index contributed by atoms with van der Waals surface area (Å²) in [7, 11) is 1.82. The number of anilines is 1. The lowest BCUT2D eigenvalue weighted by Gasteiger charge is -2.07. The van der Waals surface area contributed by atoms with Gasteiger partial charge in [0.25, 0.3) is 5.91 Å². The molecule has 0 N–H and O–H groups in total. The molecule has 100 valence electrons. The third-order valence-corrected chi connectivity index (χ3v) is 3.79. The Morgan fingerprint density at radius 1 is 1.05 bits per heavy atom. The Hall–Kier alpha value is -2.35. The summed E-state index contributed by atoms with van der Waals surface area (Å²) in [5.74, 6) is 0.0609. The first-order valence-corrected chi connectivity index (χ1v) is 6.89. The highest BCUT2D eigenvalue weighted by molar-refractivity contribution is 6.35. The molecule has 0 bridgehead atoms. The topological polar surface area (TPSA) is 20.3 Å². The molecule has 0 fully saturated rings. The number of carbonyl (C=O) groups excluding carboxylic acids is 1. The van der Waals surface area contributed by atoms with E-state index in [1.54, 1.807) is 4.90 Å². The summed E-state index contributed by atoms with van der Waals surface area (Å²) < 4.78 is 0. The van der Waals surface area contributed by atoms with Crippen LogP contribution in [0.2, 0.25) is 0 Å². The molecule has 0 unspecified atom stereocenters. The third kappa shape index (κ3) is 2.03. The first kappa shape index (κ1) is 12.7. The van der Waals surface area contributed by atoms with Crippen molar-refractivity contribution >= 4 is 23.2 Å². The number of hydrogen-bond donors (Lipinski definition) is 0. The minimum absolute atomic E-state index is 0.0609. The van der Waals surface area contributed by atoms with E-state index < -0.39 is 0 Å². The largest absolute Gasteiger partial charge is 0.311 e. The molecule has 0 saturated carbocycles. The molecule has 2 heteroatoms. The van der Waals surface area contributed by atoms with Gasteiger partial charge in [-0.05, 0) is 29.7 Å². The molecule has 1 aliphatic rings. The number of likely N-dealkylation sites (N-methyl/N-ethyl adjacent to an activating group) is 1. The van der Waals surface area contributed by atoms with Gasteiger partial charge in [0.05, 0.1) is 5.69 Å². The van der Waals surface area contributed by atoms with Gasteiger partial charge in [-0.25, -0.2) is 0 Å². The smallest absolute Gasteiger partial charge is 0.258 e. The van der Waals surface area contributed by atoms with E-state index in [2.05, 4.69) is 31.2 Å². The van der Waals surface area contributed by atoms with Crippen molar-refractivity contribution in [1.82, 2.24) is 0 Å². The molecule has 1 amide bonds. The molecule has 0 radical (unpaired) electrons. The number of aryl methyl sites for hydroxylation is 1. The second-order valence-electron chi connectivity index (χ2n) is 5.03. The maximum Gasteiger partial charge on any atom is 0.258 e. The highest BCUT2D eigenvalue weighted by atomic mass is 16.2. The average molecular weight is 263 g/mol. The van der Waals surface area contributed by atoms with E-state index in [0.717, 1.165) is 28.8 Å². The van der Waals surface area contributed by atoms with E-state index in [4.69, 9.17) is 0 Å². The van der Waals surface area contributed by atoms with E-state index >= 15 is 0 Å². The number of rotatable bonds is 2. The van der Waals surface area contributed by atoms with E-state index in [1.165, 1.54) is 5.56 Å². The zero-order chi connectivity index (χ0) is 14.1. The predicted molar refractivity (Wildman–Crippen MR) is 83.5 cm³/mol. The van der Waals surface area contributed by atoms with Crippen LogP contribution in [0.1, 0.15) is 23.6 Å². The third-order valence-electron chi connectivity index (χ3n) is 3.79. The first-order chi connectivity index (χ1) is 9.70. The van der Waals surface area contributed by atoms with E-state index in [1.807, 2.05) is 37.4 Å². The Balaban J connectivity index is 2.04. The summed E-state index contributed by atoms with van der Waals surface area (Å²) in [5.41, 5.74) is 5.14. The Bertz CT molecular complexity index is 683. The second-order valence-corrected chi connectivity index (χ2v) is 5.03. The van der Waals surface area contributed by atoms with Gasteiger partial charge in [0.15, 0.2) is 0 Å². The lowest BCUT2D eigenvalue weighted by molar-refractivity contribution is -0.112. The molecular formula is C18H17NO. The summed E-state index contributed by atoms with van der Waals surface area (Å²) in [5, 5.41) is 0. The highest BCUT2D eigenvalue weighted by Crippen LogP contribution is 2.36. The van der Waals surface area contributed by atoms with Crippen LogP contribution in [0, 0.1) is 0 Å². The lowest BCUT2D eigenvalue weighted by Crippen LogP contribution is -2.20. The van der Waals surface area contributed by atoms with Gasteiger partial charge < -0.3 is 4.90 Å². The van der Waals surface area contributed by atoms with Crippen LogP contribution in [0.4, 0.5) is 5.69 Å². The zero-order valence-corrected chi connectivity index (χ0v) is 11.8. The van der Waals surface area contributed by atoms with E-state index in [9.17, 15) is 4.79 Å². The fourth-order valence-corrected chi connectivity index (χ4v) is 2.55. The predicted octanol–water partition coefficient (Wildman–Crippen LogP) is 3.77. The Labute approximate surface area is 119 Å². The van der Waals surface area contributed by atoms with Crippen LogP contribution in [-0.4, -0.2) is 13.0 Å². The minimum Gasteiger partial charge on any atom is -0.311 e. The fraction of sp³-hybridized carbons (Fsp3) is 0.167. The van der Waals surface area contributed by atoms with Crippen molar-refractivity contribution in [2.45, 2.75) is 13.3 Å². The van der Waals surface area contributed by atoms with Crippen LogP contribution in [-0.2, 0) is 11.2 Å². The van der Waals surface area contributed by atoms with Gasteiger partial charge in [-0.2, -0.15) is 0 Å². The summed E-state index contributed by atoms with van der Waals surface area (Å²) in [6.07, 6.45) is 3.01. The molecule has 1 aliphatic heterocycles. The van der Waals surface area contributed by atoms with Gasteiger partial charge in [-0.1, -0.05) is 49.4 Å². The Morgan fingerprint density at radius 3 is 2.45 bits per heavy atom. The number of fused-ring (bicyclic) bond motifs is 1. The molecule has 3 rings (SSSR count).